The average Bonchev–Trinajstić information content (AvgIpc) is 2.44. The third kappa shape index (κ3) is 1.74. The molecule has 70 valence electrons. The Morgan fingerprint density at radius 1 is 1.38 bits per heavy atom. The Hall–Kier alpha value is -1.24. The lowest BCUT2D eigenvalue weighted by Gasteiger charge is -2.16. The Morgan fingerprint density at radius 2 is 1.85 bits per heavy atom. The van der Waals surface area contributed by atoms with E-state index in [-0.39, 0.29) is 0 Å². The minimum atomic E-state index is 0.306. The van der Waals surface area contributed by atoms with Crippen LogP contribution in [0, 0.1) is 0 Å². The summed E-state index contributed by atoms with van der Waals surface area (Å²) in [5.41, 5.74) is 1.21. The minimum absolute atomic E-state index is 0.306. The van der Waals surface area contributed by atoms with Crippen LogP contribution in [0.3, 0.4) is 0 Å². The highest BCUT2D eigenvalue weighted by Crippen LogP contribution is 2.13. The lowest BCUT2D eigenvalue weighted by molar-refractivity contribution is 0.588. The highest BCUT2D eigenvalue weighted by Gasteiger charge is 2.07. The van der Waals surface area contributed by atoms with Gasteiger partial charge in [0.05, 0.1) is 6.04 Å². The number of hydrogen-bond donors (Lipinski definition) is 0. The second kappa shape index (κ2) is 3.65. The number of allylic oxidation sites excluding steroid dienone is 1. The molecule has 1 nitrogen and oxygen atoms in total. The minimum Gasteiger partial charge on any atom is -0.336 e. The van der Waals surface area contributed by atoms with Gasteiger partial charge < -0.3 is 4.57 Å². The summed E-state index contributed by atoms with van der Waals surface area (Å²) in [6, 6.07) is 4.28. The molecule has 1 heterocycles. The smallest absolute Gasteiger partial charge is 0.0520 e. The molecule has 0 spiro atoms. The average molecular weight is 175 g/mol. The summed E-state index contributed by atoms with van der Waals surface area (Å²) < 4.78 is 2.12. The molecule has 0 aliphatic rings. The summed E-state index contributed by atoms with van der Waals surface area (Å²) in [4.78, 5) is 0. The fourth-order valence-electron chi connectivity index (χ4n) is 1.51. The van der Waals surface area contributed by atoms with Crippen LogP contribution in [-0.2, 0) is 0 Å². The van der Waals surface area contributed by atoms with Crippen LogP contribution in [-0.4, -0.2) is 4.57 Å². The van der Waals surface area contributed by atoms with Crippen molar-refractivity contribution >= 4 is 13.2 Å². The second-order valence-electron chi connectivity index (χ2n) is 3.37. The Bertz CT molecular complexity index is 370. The number of nitrogens with zero attached hydrogens (tertiary/aromatic N) is 1. The van der Waals surface area contributed by atoms with Gasteiger partial charge in [-0.1, -0.05) is 32.2 Å². The van der Waals surface area contributed by atoms with Gasteiger partial charge in [0, 0.05) is 10.7 Å². The van der Waals surface area contributed by atoms with Crippen LogP contribution in [0.2, 0.25) is 0 Å². The van der Waals surface area contributed by atoms with Gasteiger partial charge in [0.25, 0.3) is 0 Å². The maximum Gasteiger partial charge on any atom is 0.0520 e. The summed E-state index contributed by atoms with van der Waals surface area (Å²) in [7, 11) is 0. The predicted molar refractivity (Wildman–Crippen MR) is 58.9 cm³/mol. The molecule has 1 rings (SSSR count). The van der Waals surface area contributed by atoms with Crippen molar-refractivity contribution < 1.29 is 0 Å². The number of hydrogen-bond acceptors (Lipinski definition) is 0. The van der Waals surface area contributed by atoms with Gasteiger partial charge >= 0.3 is 0 Å². The molecule has 0 aliphatic heterocycles. The van der Waals surface area contributed by atoms with Crippen molar-refractivity contribution in [2.45, 2.75) is 26.3 Å². The first-order chi connectivity index (χ1) is 6.07. The summed E-state index contributed by atoms with van der Waals surface area (Å²) >= 11 is 0. The molecule has 0 aromatic carbocycles. The van der Waals surface area contributed by atoms with E-state index in [1.165, 1.54) is 5.57 Å². The zero-order valence-electron chi connectivity index (χ0n) is 8.51. The predicted octanol–water partition coefficient (Wildman–Crippen LogP) is 1.84. The standard InChI is InChI=1S/C12H17N/c1-6-9(2)12(5)13-10(3)7-8-11(13)4/h7-8,12H,2-4,6H2,1,5H3. The molecule has 13 heavy (non-hydrogen) atoms. The molecule has 0 saturated heterocycles. The molecular weight excluding hydrogens is 158 g/mol. The molecule has 1 aromatic rings. The van der Waals surface area contributed by atoms with Crippen LogP contribution in [0.15, 0.2) is 24.3 Å². The summed E-state index contributed by atoms with van der Waals surface area (Å²) in [5, 5.41) is 2.01. The monoisotopic (exact) mass is 175 g/mol. The quantitative estimate of drug-likeness (QED) is 0.618. The maximum atomic E-state index is 4.03. The van der Waals surface area contributed by atoms with E-state index < -0.39 is 0 Å². The normalized spacial score (nSPS) is 12.8. The summed E-state index contributed by atoms with van der Waals surface area (Å²) in [6.07, 6.45) is 0.998. The van der Waals surface area contributed by atoms with Gasteiger partial charge in [0.15, 0.2) is 0 Å². The van der Waals surface area contributed by atoms with Gasteiger partial charge in [0.2, 0.25) is 0 Å². The van der Waals surface area contributed by atoms with E-state index in [2.05, 4.69) is 38.2 Å². The zero-order chi connectivity index (χ0) is 10.0. The lowest BCUT2D eigenvalue weighted by atomic mass is 10.1. The molecular formula is C12H17N. The number of aromatic nitrogens is 1. The van der Waals surface area contributed by atoms with E-state index in [9.17, 15) is 0 Å². The molecule has 0 amide bonds. The Kier molecular flexibility index (Phi) is 2.76. The van der Waals surface area contributed by atoms with E-state index in [0.717, 1.165) is 17.1 Å². The topological polar surface area (TPSA) is 4.93 Å². The van der Waals surface area contributed by atoms with Crippen molar-refractivity contribution in [1.29, 1.82) is 0 Å². The summed E-state index contributed by atoms with van der Waals surface area (Å²) in [5.74, 6) is 0. The van der Waals surface area contributed by atoms with Gasteiger partial charge in [-0.2, -0.15) is 0 Å². The Labute approximate surface area is 79.7 Å². The Balaban J connectivity index is 3.15. The van der Waals surface area contributed by atoms with Gasteiger partial charge in [-0.05, 0) is 25.5 Å². The largest absolute Gasteiger partial charge is 0.336 e. The number of rotatable bonds is 3. The van der Waals surface area contributed by atoms with E-state index in [1.807, 2.05) is 12.1 Å². The van der Waals surface area contributed by atoms with Crippen molar-refractivity contribution in [3.8, 4) is 0 Å². The lowest BCUT2D eigenvalue weighted by Crippen LogP contribution is -2.28. The third-order valence-electron chi connectivity index (χ3n) is 2.52. The van der Waals surface area contributed by atoms with E-state index >= 15 is 0 Å². The Morgan fingerprint density at radius 3 is 2.23 bits per heavy atom. The highest BCUT2D eigenvalue weighted by atomic mass is 15.0. The molecule has 0 N–H and O–H groups in total. The second-order valence-corrected chi connectivity index (χ2v) is 3.37. The molecule has 1 heteroatoms. The van der Waals surface area contributed by atoms with Crippen molar-refractivity contribution in [1.82, 2.24) is 4.57 Å². The molecule has 0 saturated carbocycles. The van der Waals surface area contributed by atoms with Gasteiger partial charge in [0.1, 0.15) is 0 Å². The first-order valence-electron chi connectivity index (χ1n) is 4.60. The fraction of sp³-hybridized carbons (Fsp3) is 0.333. The van der Waals surface area contributed by atoms with Gasteiger partial charge in [-0.3, -0.25) is 0 Å². The van der Waals surface area contributed by atoms with Crippen LogP contribution >= 0.6 is 0 Å². The molecule has 0 radical (unpaired) electrons. The molecule has 1 atom stereocenters. The molecule has 1 unspecified atom stereocenters. The van der Waals surface area contributed by atoms with Crippen LogP contribution in [0.5, 0.6) is 0 Å². The van der Waals surface area contributed by atoms with E-state index in [4.69, 9.17) is 0 Å². The van der Waals surface area contributed by atoms with Gasteiger partial charge in [-0.15, -0.1) is 0 Å². The van der Waals surface area contributed by atoms with Crippen LogP contribution in [0.25, 0.3) is 13.2 Å². The van der Waals surface area contributed by atoms with Gasteiger partial charge in [-0.25, -0.2) is 0 Å². The first-order valence-corrected chi connectivity index (χ1v) is 4.60. The fourth-order valence-corrected chi connectivity index (χ4v) is 1.51. The van der Waals surface area contributed by atoms with Crippen LogP contribution in [0.4, 0.5) is 0 Å². The molecule has 1 aromatic heterocycles. The van der Waals surface area contributed by atoms with E-state index in [0.29, 0.717) is 6.04 Å². The SMILES string of the molecule is C=C(CC)C(C)n1c(=C)ccc1=C. The van der Waals surface area contributed by atoms with Crippen molar-refractivity contribution in [3.05, 3.63) is 35.0 Å². The molecule has 0 fully saturated rings. The summed E-state index contributed by atoms with van der Waals surface area (Å²) in [6.45, 7) is 16.2. The third-order valence-corrected chi connectivity index (χ3v) is 2.52. The van der Waals surface area contributed by atoms with E-state index in [1.54, 1.807) is 0 Å². The van der Waals surface area contributed by atoms with Crippen molar-refractivity contribution in [2.75, 3.05) is 0 Å². The molecule has 0 bridgehead atoms. The maximum absolute atomic E-state index is 4.03. The van der Waals surface area contributed by atoms with Crippen LogP contribution < -0.4 is 10.7 Å². The molecule has 0 aliphatic carbocycles. The van der Waals surface area contributed by atoms with Crippen molar-refractivity contribution in [3.63, 3.8) is 0 Å². The zero-order valence-corrected chi connectivity index (χ0v) is 8.51. The highest BCUT2D eigenvalue weighted by molar-refractivity contribution is 5.14. The van der Waals surface area contributed by atoms with Crippen molar-refractivity contribution in [2.24, 2.45) is 0 Å². The van der Waals surface area contributed by atoms with Crippen LogP contribution in [0.1, 0.15) is 26.3 Å². The first kappa shape index (κ1) is 9.85.